The van der Waals surface area contributed by atoms with Crippen molar-refractivity contribution in [2.75, 3.05) is 0 Å². The zero-order chi connectivity index (χ0) is 14.1. The van der Waals surface area contributed by atoms with Gasteiger partial charge in [-0.25, -0.2) is 4.79 Å². The monoisotopic (exact) mass is 287 g/mol. The van der Waals surface area contributed by atoms with Gasteiger partial charge >= 0.3 is 5.97 Å². The van der Waals surface area contributed by atoms with Crippen LogP contribution in [0.5, 0.6) is 0 Å². The third kappa shape index (κ3) is 2.35. The highest BCUT2D eigenvalue weighted by molar-refractivity contribution is 6.30. The molecule has 0 unspecified atom stereocenters. The molecule has 0 aliphatic heterocycles. The van der Waals surface area contributed by atoms with Crippen LogP contribution in [0.2, 0.25) is 5.02 Å². The highest BCUT2D eigenvalue weighted by atomic mass is 35.5. The molecule has 0 amide bonds. The van der Waals surface area contributed by atoms with Crippen LogP contribution in [-0.2, 0) is 6.42 Å². The SMILES string of the molecule is O=C(O)c1ccc2nnc(Cc3ccc(Cl)cc3)n2c1. The molecule has 0 saturated heterocycles. The van der Waals surface area contributed by atoms with E-state index in [4.69, 9.17) is 16.7 Å². The number of halogens is 1. The molecule has 3 aromatic rings. The second-order valence-electron chi connectivity index (χ2n) is 4.37. The molecule has 2 heterocycles. The Labute approximate surface area is 119 Å². The fourth-order valence-corrected chi connectivity index (χ4v) is 2.10. The van der Waals surface area contributed by atoms with Gasteiger partial charge in [0.15, 0.2) is 5.65 Å². The van der Waals surface area contributed by atoms with Crippen LogP contribution in [0.3, 0.4) is 0 Å². The molecule has 1 aromatic carbocycles. The van der Waals surface area contributed by atoms with Crippen LogP contribution in [0.1, 0.15) is 21.7 Å². The maximum Gasteiger partial charge on any atom is 0.337 e. The molecule has 0 aliphatic carbocycles. The third-order valence-corrected chi connectivity index (χ3v) is 3.25. The van der Waals surface area contributed by atoms with E-state index in [2.05, 4.69) is 10.2 Å². The van der Waals surface area contributed by atoms with Crippen molar-refractivity contribution in [3.8, 4) is 0 Å². The summed E-state index contributed by atoms with van der Waals surface area (Å²) in [5, 5.41) is 17.8. The molecule has 3 rings (SSSR count). The Morgan fingerprint density at radius 3 is 2.60 bits per heavy atom. The summed E-state index contributed by atoms with van der Waals surface area (Å²) in [4.78, 5) is 11.0. The Morgan fingerprint density at radius 1 is 1.15 bits per heavy atom. The molecule has 0 spiro atoms. The van der Waals surface area contributed by atoms with Gasteiger partial charge in [-0.15, -0.1) is 10.2 Å². The lowest BCUT2D eigenvalue weighted by molar-refractivity contribution is 0.0696. The van der Waals surface area contributed by atoms with E-state index < -0.39 is 5.97 Å². The summed E-state index contributed by atoms with van der Waals surface area (Å²) in [5.41, 5.74) is 1.86. The smallest absolute Gasteiger partial charge is 0.337 e. The van der Waals surface area contributed by atoms with Crippen molar-refractivity contribution >= 4 is 23.2 Å². The van der Waals surface area contributed by atoms with Crippen LogP contribution in [0.25, 0.3) is 5.65 Å². The number of hydrogen-bond donors (Lipinski definition) is 1. The first-order chi connectivity index (χ1) is 9.63. The average molecular weight is 288 g/mol. The van der Waals surface area contributed by atoms with E-state index in [1.807, 2.05) is 24.3 Å². The van der Waals surface area contributed by atoms with Crippen molar-refractivity contribution in [2.45, 2.75) is 6.42 Å². The highest BCUT2D eigenvalue weighted by Gasteiger charge is 2.09. The van der Waals surface area contributed by atoms with Crippen molar-refractivity contribution in [2.24, 2.45) is 0 Å². The molecule has 0 bridgehead atoms. The predicted molar refractivity (Wildman–Crippen MR) is 74.2 cm³/mol. The Morgan fingerprint density at radius 2 is 1.90 bits per heavy atom. The molecule has 0 aliphatic rings. The van der Waals surface area contributed by atoms with Gasteiger partial charge in [-0.2, -0.15) is 0 Å². The Hall–Kier alpha value is -2.40. The number of nitrogens with zero attached hydrogens (tertiary/aromatic N) is 3. The van der Waals surface area contributed by atoms with Crippen molar-refractivity contribution in [1.29, 1.82) is 0 Å². The number of carbonyl (C=O) groups is 1. The topological polar surface area (TPSA) is 67.5 Å². The minimum Gasteiger partial charge on any atom is -0.478 e. The van der Waals surface area contributed by atoms with Crippen molar-refractivity contribution < 1.29 is 9.90 Å². The fraction of sp³-hybridized carbons (Fsp3) is 0.0714. The van der Waals surface area contributed by atoms with Crippen LogP contribution in [0.15, 0.2) is 42.6 Å². The quantitative estimate of drug-likeness (QED) is 0.804. The Kier molecular flexibility index (Phi) is 3.12. The Balaban J connectivity index is 2.00. The van der Waals surface area contributed by atoms with E-state index in [-0.39, 0.29) is 5.56 Å². The number of rotatable bonds is 3. The summed E-state index contributed by atoms with van der Waals surface area (Å²) in [6, 6.07) is 10.6. The minimum atomic E-state index is -0.974. The number of fused-ring (bicyclic) bond motifs is 1. The number of hydrogen-bond acceptors (Lipinski definition) is 3. The lowest BCUT2D eigenvalue weighted by atomic mass is 10.1. The largest absolute Gasteiger partial charge is 0.478 e. The molecule has 6 heteroatoms. The highest BCUT2D eigenvalue weighted by Crippen LogP contribution is 2.14. The lowest BCUT2D eigenvalue weighted by Gasteiger charge is -2.02. The molecule has 0 saturated carbocycles. The molecule has 5 nitrogen and oxygen atoms in total. The second kappa shape index (κ2) is 4.94. The summed E-state index contributed by atoms with van der Waals surface area (Å²) >= 11 is 5.85. The van der Waals surface area contributed by atoms with Gasteiger partial charge in [-0.05, 0) is 29.8 Å². The molecule has 0 fully saturated rings. The summed E-state index contributed by atoms with van der Waals surface area (Å²) in [5.74, 6) is -0.288. The van der Waals surface area contributed by atoms with Gasteiger partial charge in [-0.1, -0.05) is 23.7 Å². The summed E-state index contributed by atoms with van der Waals surface area (Å²) in [6.07, 6.45) is 2.09. The van der Waals surface area contributed by atoms with Gasteiger partial charge in [0.05, 0.1) is 5.56 Å². The van der Waals surface area contributed by atoms with E-state index >= 15 is 0 Å². The maximum atomic E-state index is 11.0. The predicted octanol–water partition coefficient (Wildman–Crippen LogP) is 2.67. The first-order valence-electron chi connectivity index (χ1n) is 5.95. The van der Waals surface area contributed by atoms with Crippen LogP contribution in [0.4, 0.5) is 0 Å². The van der Waals surface area contributed by atoms with Crippen LogP contribution < -0.4 is 0 Å². The number of aromatic carboxylic acids is 1. The minimum absolute atomic E-state index is 0.203. The first kappa shape index (κ1) is 12.6. The molecule has 0 atom stereocenters. The fourth-order valence-electron chi connectivity index (χ4n) is 1.97. The van der Waals surface area contributed by atoms with E-state index in [0.29, 0.717) is 22.9 Å². The van der Waals surface area contributed by atoms with Crippen molar-refractivity contribution in [3.63, 3.8) is 0 Å². The van der Waals surface area contributed by atoms with E-state index in [1.165, 1.54) is 12.3 Å². The van der Waals surface area contributed by atoms with E-state index in [1.54, 1.807) is 10.5 Å². The van der Waals surface area contributed by atoms with Gasteiger partial charge in [-0.3, -0.25) is 4.40 Å². The van der Waals surface area contributed by atoms with Gasteiger partial charge < -0.3 is 5.11 Å². The van der Waals surface area contributed by atoms with E-state index in [0.717, 1.165) is 5.56 Å². The molecule has 100 valence electrons. The number of carboxylic acid groups (broad SMARTS) is 1. The molecule has 2 aromatic heterocycles. The van der Waals surface area contributed by atoms with Gasteiger partial charge in [0.2, 0.25) is 0 Å². The lowest BCUT2D eigenvalue weighted by Crippen LogP contribution is -2.01. The maximum absolute atomic E-state index is 11.0. The van der Waals surface area contributed by atoms with Crippen LogP contribution in [-0.4, -0.2) is 25.7 Å². The first-order valence-corrected chi connectivity index (χ1v) is 6.33. The zero-order valence-electron chi connectivity index (χ0n) is 10.3. The van der Waals surface area contributed by atoms with Crippen molar-refractivity contribution in [1.82, 2.24) is 14.6 Å². The number of pyridine rings is 1. The van der Waals surface area contributed by atoms with Gasteiger partial charge in [0, 0.05) is 17.6 Å². The average Bonchev–Trinajstić information content (AvgIpc) is 2.84. The van der Waals surface area contributed by atoms with Gasteiger partial charge in [0.1, 0.15) is 5.82 Å². The summed E-state index contributed by atoms with van der Waals surface area (Å²) in [6.45, 7) is 0. The molecule has 0 radical (unpaired) electrons. The van der Waals surface area contributed by atoms with Gasteiger partial charge in [0.25, 0.3) is 0 Å². The summed E-state index contributed by atoms with van der Waals surface area (Å²) < 4.78 is 1.69. The summed E-state index contributed by atoms with van der Waals surface area (Å²) in [7, 11) is 0. The third-order valence-electron chi connectivity index (χ3n) is 3.00. The molecular weight excluding hydrogens is 278 g/mol. The standard InChI is InChI=1S/C14H10ClN3O2/c15-11-4-1-9(2-5-11)7-13-17-16-12-6-3-10(14(19)20)8-18(12)13/h1-6,8H,7H2,(H,19,20). The number of aromatic nitrogens is 3. The molecule has 20 heavy (non-hydrogen) atoms. The van der Waals surface area contributed by atoms with Crippen molar-refractivity contribution in [3.05, 3.63) is 64.6 Å². The second-order valence-corrected chi connectivity index (χ2v) is 4.81. The number of carboxylic acids is 1. The molecule has 1 N–H and O–H groups in total. The normalized spacial score (nSPS) is 10.8. The van der Waals surface area contributed by atoms with E-state index in [9.17, 15) is 4.79 Å². The number of benzene rings is 1. The van der Waals surface area contributed by atoms with Crippen LogP contribution >= 0.6 is 11.6 Å². The zero-order valence-corrected chi connectivity index (χ0v) is 11.1. The molecular formula is C14H10ClN3O2. The Bertz CT molecular complexity index is 781. The van der Waals surface area contributed by atoms with Crippen LogP contribution in [0, 0.1) is 0 Å².